The molecule has 2 N–H and O–H groups in total. The van der Waals surface area contributed by atoms with Crippen molar-refractivity contribution in [2.24, 2.45) is 0 Å². The predicted octanol–water partition coefficient (Wildman–Crippen LogP) is 6.99. The number of phenols is 2. The molecule has 0 aliphatic carbocycles. The number of rotatable bonds is 6. The maximum absolute atomic E-state index is 13.0. The number of benzene rings is 2. The largest absolute Gasteiger partial charge is 0.507 e. The lowest BCUT2D eigenvalue weighted by atomic mass is 9.93. The zero-order chi connectivity index (χ0) is 23.8. The zero-order valence-corrected chi connectivity index (χ0v) is 19.6. The van der Waals surface area contributed by atoms with Gasteiger partial charge in [0.2, 0.25) is 5.43 Å². The van der Waals surface area contributed by atoms with Crippen molar-refractivity contribution in [3.8, 4) is 17.2 Å². The van der Waals surface area contributed by atoms with Crippen LogP contribution in [0.4, 0.5) is 0 Å². The maximum Gasteiger partial charge on any atom is 0.204 e. The Morgan fingerprint density at radius 2 is 1.85 bits per heavy atom. The van der Waals surface area contributed by atoms with Crippen LogP contribution in [-0.4, -0.2) is 15.8 Å². The fourth-order valence-corrected chi connectivity index (χ4v) is 4.23. The molecule has 5 heteroatoms. The molecule has 33 heavy (non-hydrogen) atoms. The van der Waals surface area contributed by atoms with Gasteiger partial charge in [-0.3, -0.25) is 4.79 Å². The van der Waals surface area contributed by atoms with Gasteiger partial charge in [0.25, 0.3) is 0 Å². The van der Waals surface area contributed by atoms with Crippen LogP contribution in [0.15, 0.2) is 62.9 Å². The monoisotopic (exact) mass is 446 g/mol. The molecule has 0 bridgehead atoms. The van der Waals surface area contributed by atoms with Crippen molar-refractivity contribution in [3.63, 3.8) is 0 Å². The molecule has 2 heterocycles. The molecule has 1 aliphatic heterocycles. The van der Waals surface area contributed by atoms with Crippen LogP contribution < -0.4 is 10.2 Å². The Morgan fingerprint density at radius 1 is 1.06 bits per heavy atom. The first-order chi connectivity index (χ1) is 15.7. The number of para-hydroxylation sites is 1. The second kappa shape index (κ2) is 8.81. The maximum atomic E-state index is 13.0. The van der Waals surface area contributed by atoms with Crippen molar-refractivity contribution < 1.29 is 19.4 Å². The molecule has 1 aliphatic rings. The summed E-state index contributed by atoms with van der Waals surface area (Å²) >= 11 is 0. The smallest absolute Gasteiger partial charge is 0.204 e. The van der Waals surface area contributed by atoms with Gasteiger partial charge in [0.05, 0.1) is 10.9 Å². The Morgan fingerprint density at radius 3 is 2.61 bits per heavy atom. The van der Waals surface area contributed by atoms with E-state index >= 15 is 0 Å². The van der Waals surface area contributed by atoms with E-state index in [-0.39, 0.29) is 33.4 Å². The number of allylic oxidation sites excluding steroid dienone is 4. The normalized spacial score (nSPS) is 17.8. The van der Waals surface area contributed by atoms with Crippen LogP contribution in [0, 0.1) is 0 Å². The van der Waals surface area contributed by atoms with E-state index in [9.17, 15) is 15.0 Å². The third-order valence-electron chi connectivity index (χ3n) is 6.10. The quantitative estimate of drug-likeness (QED) is 0.315. The average Bonchev–Trinajstić information content (AvgIpc) is 2.74. The Labute approximate surface area is 193 Å². The molecule has 5 nitrogen and oxygen atoms in total. The third-order valence-corrected chi connectivity index (χ3v) is 6.10. The van der Waals surface area contributed by atoms with E-state index in [4.69, 9.17) is 9.15 Å². The molecule has 4 rings (SSSR count). The lowest BCUT2D eigenvalue weighted by Gasteiger charge is -2.31. The van der Waals surface area contributed by atoms with Crippen molar-refractivity contribution in [3.05, 3.63) is 69.4 Å². The first-order valence-corrected chi connectivity index (χ1v) is 11.3. The molecule has 1 atom stereocenters. The zero-order valence-electron chi connectivity index (χ0n) is 19.6. The summed E-state index contributed by atoms with van der Waals surface area (Å²) in [5.41, 5.74) is 2.63. The fraction of sp³-hybridized carbons (Fsp3) is 0.321. The summed E-state index contributed by atoms with van der Waals surface area (Å²) in [7, 11) is 0. The van der Waals surface area contributed by atoms with Gasteiger partial charge in [-0.25, -0.2) is 0 Å². The first kappa shape index (κ1) is 22.7. The van der Waals surface area contributed by atoms with Gasteiger partial charge in [-0.05, 0) is 77.7 Å². The summed E-state index contributed by atoms with van der Waals surface area (Å²) in [6.07, 6.45) is 12.1. The van der Waals surface area contributed by atoms with Crippen LogP contribution >= 0.6 is 0 Å². The lowest BCUT2D eigenvalue weighted by Crippen LogP contribution is -2.31. The van der Waals surface area contributed by atoms with Crippen LogP contribution in [-0.2, 0) is 0 Å². The van der Waals surface area contributed by atoms with Gasteiger partial charge in [0, 0.05) is 6.07 Å². The average molecular weight is 447 g/mol. The highest BCUT2D eigenvalue weighted by Crippen LogP contribution is 2.42. The topological polar surface area (TPSA) is 79.9 Å². The molecule has 1 aromatic heterocycles. The molecule has 0 saturated carbocycles. The van der Waals surface area contributed by atoms with E-state index in [2.05, 4.69) is 32.9 Å². The third kappa shape index (κ3) is 4.54. The fourth-order valence-electron chi connectivity index (χ4n) is 4.23. The number of hydrogen-bond donors (Lipinski definition) is 2. The Bertz CT molecular complexity index is 1370. The van der Waals surface area contributed by atoms with Gasteiger partial charge < -0.3 is 19.4 Å². The summed E-state index contributed by atoms with van der Waals surface area (Å²) in [6, 6.07) is 6.08. The number of aromatic hydroxyl groups is 2. The summed E-state index contributed by atoms with van der Waals surface area (Å²) in [6.45, 7) is 8.38. The lowest BCUT2D eigenvalue weighted by molar-refractivity contribution is 0.128. The van der Waals surface area contributed by atoms with Crippen LogP contribution in [0.3, 0.4) is 0 Å². The molecule has 0 unspecified atom stereocenters. The number of phenolic OH excluding ortho intramolecular Hbond substituents is 2. The van der Waals surface area contributed by atoms with Crippen molar-refractivity contribution >= 4 is 28.0 Å². The first-order valence-electron chi connectivity index (χ1n) is 11.3. The van der Waals surface area contributed by atoms with Crippen molar-refractivity contribution in [1.29, 1.82) is 0 Å². The molecular weight excluding hydrogens is 416 g/mol. The molecular formula is C28H30O5. The molecule has 0 fully saturated rings. The summed E-state index contributed by atoms with van der Waals surface area (Å²) in [4.78, 5) is 13.0. The van der Waals surface area contributed by atoms with Gasteiger partial charge in [0.15, 0.2) is 16.9 Å². The van der Waals surface area contributed by atoms with Gasteiger partial charge in [-0.15, -0.1) is 0 Å². The van der Waals surface area contributed by atoms with Crippen LogP contribution in [0.5, 0.6) is 17.2 Å². The van der Waals surface area contributed by atoms with E-state index in [0.29, 0.717) is 11.3 Å². The molecule has 0 amide bonds. The molecule has 0 radical (unpaired) electrons. The van der Waals surface area contributed by atoms with E-state index in [1.807, 2.05) is 19.1 Å². The van der Waals surface area contributed by atoms with E-state index in [1.54, 1.807) is 12.1 Å². The standard InChI is InChI=1S/C28H30O5/c1-17(2)8-5-9-18(3)10-7-14-28(4)15-13-19-23(33-28)16-22(30)24-25(31)20-11-6-12-21(29)26(20)32-27(19)24/h6,8,10-13,15-16,29-30H,5,7,9,14H2,1-4H3/b18-10+/t28-/m0/s1. The highest BCUT2D eigenvalue weighted by Gasteiger charge is 2.30. The molecule has 3 aromatic rings. The number of ether oxygens (including phenoxy) is 1. The van der Waals surface area contributed by atoms with E-state index in [1.165, 1.54) is 23.3 Å². The predicted molar refractivity (Wildman–Crippen MR) is 133 cm³/mol. The molecule has 172 valence electrons. The van der Waals surface area contributed by atoms with Gasteiger partial charge in [-0.1, -0.05) is 29.4 Å². The molecule has 0 saturated heterocycles. The van der Waals surface area contributed by atoms with Crippen LogP contribution in [0.1, 0.15) is 58.9 Å². The van der Waals surface area contributed by atoms with Crippen molar-refractivity contribution in [2.45, 2.75) is 59.0 Å². The van der Waals surface area contributed by atoms with E-state index < -0.39 is 11.0 Å². The van der Waals surface area contributed by atoms with E-state index in [0.717, 1.165) is 25.7 Å². The van der Waals surface area contributed by atoms with Gasteiger partial charge >= 0.3 is 0 Å². The summed E-state index contributed by atoms with van der Waals surface area (Å²) in [5.74, 6) is 0.128. The van der Waals surface area contributed by atoms with Gasteiger partial charge in [-0.2, -0.15) is 0 Å². The Hall–Kier alpha value is -3.47. The van der Waals surface area contributed by atoms with Gasteiger partial charge in [0.1, 0.15) is 22.5 Å². The minimum Gasteiger partial charge on any atom is -0.507 e. The van der Waals surface area contributed by atoms with Crippen molar-refractivity contribution in [1.82, 2.24) is 0 Å². The SMILES string of the molecule is CC(C)=CCC/C(C)=C/CC[C@@]1(C)C=Cc2c(cc(O)c3c(=O)c4cccc(O)c4oc23)O1. The second-order valence-corrected chi connectivity index (χ2v) is 9.25. The molecule has 2 aromatic carbocycles. The number of fused-ring (bicyclic) bond motifs is 4. The Balaban J connectivity index is 1.63. The minimum absolute atomic E-state index is 0.0821. The second-order valence-electron chi connectivity index (χ2n) is 9.25. The Kier molecular flexibility index (Phi) is 6.07. The minimum atomic E-state index is -0.552. The van der Waals surface area contributed by atoms with Crippen LogP contribution in [0.25, 0.3) is 28.0 Å². The highest BCUT2D eigenvalue weighted by molar-refractivity contribution is 6.00. The number of hydrogen-bond acceptors (Lipinski definition) is 5. The van der Waals surface area contributed by atoms with Crippen LogP contribution in [0.2, 0.25) is 0 Å². The molecule has 0 spiro atoms. The summed E-state index contributed by atoms with van der Waals surface area (Å²) in [5, 5.41) is 21.1. The summed E-state index contributed by atoms with van der Waals surface area (Å²) < 4.78 is 12.2. The van der Waals surface area contributed by atoms with Crippen molar-refractivity contribution in [2.75, 3.05) is 0 Å². The highest BCUT2D eigenvalue weighted by atomic mass is 16.5.